The number of non-ortho nitro benzene ring substituents is 1. The Hall–Kier alpha value is -2.78. The van der Waals surface area contributed by atoms with Gasteiger partial charge in [0.05, 0.1) is 11.5 Å². The highest BCUT2D eigenvalue weighted by molar-refractivity contribution is 8.00. The van der Waals surface area contributed by atoms with Crippen LogP contribution in [0.15, 0.2) is 52.9 Å². The monoisotopic (exact) mass is 400 g/mol. The van der Waals surface area contributed by atoms with Crippen LogP contribution in [0.5, 0.6) is 0 Å². The molecule has 3 rings (SSSR count). The van der Waals surface area contributed by atoms with Gasteiger partial charge in [0.25, 0.3) is 5.69 Å². The Balaban J connectivity index is 1.54. The molecular formula is C18H16N4O3S2. The summed E-state index contributed by atoms with van der Waals surface area (Å²) >= 11 is 2.95. The first-order valence-electron chi connectivity index (χ1n) is 8.04. The first-order valence-corrected chi connectivity index (χ1v) is 9.85. The van der Waals surface area contributed by atoms with Crippen LogP contribution in [-0.2, 0) is 5.75 Å². The van der Waals surface area contributed by atoms with Crippen LogP contribution in [0.3, 0.4) is 0 Å². The Kier molecular flexibility index (Phi) is 6.15. The lowest BCUT2D eigenvalue weighted by Crippen LogP contribution is -2.14. The first-order chi connectivity index (χ1) is 13.0. The lowest BCUT2D eigenvalue weighted by molar-refractivity contribution is -0.384. The van der Waals surface area contributed by atoms with Crippen molar-refractivity contribution in [2.75, 3.05) is 11.9 Å². The zero-order chi connectivity index (χ0) is 19.2. The summed E-state index contributed by atoms with van der Waals surface area (Å²) in [6.07, 6.45) is 0. The highest BCUT2D eigenvalue weighted by Crippen LogP contribution is 2.28. The molecular weight excluding hydrogens is 384 g/mol. The molecule has 0 radical (unpaired) electrons. The van der Waals surface area contributed by atoms with E-state index in [-0.39, 0.29) is 23.6 Å². The van der Waals surface area contributed by atoms with E-state index in [0.29, 0.717) is 5.13 Å². The molecule has 0 aliphatic carbocycles. The molecule has 138 valence electrons. The quantitative estimate of drug-likeness (QED) is 0.260. The topological polar surface area (TPSA) is 98.0 Å². The molecule has 0 aliphatic rings. The van der Waals surface area contributed by atoms with E-state index in [1.807, 2.05) is 6.07 Å². The molecule has 9 heteroatoms. The Morgan fingerprint density at radius 2 is 2.04 bits per heavy atom. The summed E-state index contributed by atoms with van der Waals surface area (Å²) in [5.74, 6) is 0.547. The second-order valence-corrected chi connectivity index (χ2v) is 7.94. The van der Waals surface area contributed by atoms with Gasteiger partial charge in [-0.05, 0) is 12.5 Å². The van der Waals surface area contributed by atoms with Crippen LogP contribution < -0.4 is 5.32 Å². The Morgan fingerprint density at radius 3 is 2.81 bits per heavy atom. The first kappa shape index (κ1) is 19.0. The van der Waals surface area contributed by atoms with Crippen LogP contribution in [-0.4, -0.2) is 27.4 Å². The molecule has 0 saturated heterocycles. The molecule has 2 aromatic carbocycles. The number of hydrogen-bond donors (Lipinski definition) is 1. The average molecular weight is 400 g/mol. The summed E-state index contributed by atoms with van der Waals surface area (Å²) in [5, 5.41) is 22.4. The van der Waals surface area contributed by atoms with Crippen molar-refractivity contribution >= 4 is 39.7 Å². The molecule has 0 bridgehead atoms. The van der Waals surface area contributed by atoms with Crippen LogP contribution in [0.1, 0.15) is 21.5 Å². The third kappa shape index (κ3) is 5.35. The molecule has 27 heavy (non-hydrogen) atoms. The van der Waals surface area contributed by atoms with Gasteiger partial charge < -0.3 is 5.32 Å². The zero-order valence-electron chi connectivity index (χ0n) is 14.4. The second kappa shape index (κ2) is 8.74. The van der Waals surface area contributed by atoms with E-state index in [4.69, 9.17) is 0 Å². The summed E-state index contributed by atoms with van der Waals surface area (Å²) in [7, 11) is 0. The Bertz CT molecular complexity index is 975. The predicted octanol–water partition coefficient (Wildman–Crippen LogP) is 4.34. The number of carbonyl (C=O) groups is 1. The highest BCUT2D eigenvalue weighted by Gasteiger charge is 2.12. The van der Waals surface area contributed by atoms with Gasteiger partial charge in [-0.3, -0.25) is 14.9 Å². The zero-order valence-corrected chi connectivity index (χ0v) is 16.0. The molecule has 1 aromatic heterocycles. The van der Waals surface area contributed by atoms with E-state index in [2.05, 4.69) is 40.6 Å². The average Bonchev–Trinajstić information content (AvgIpc) is 3.12. The fourth-order valence-corrected chi connectivity index (χ4v) is 4.03. The third-order valence-electron chi connectivity index (χ3n) is 3.63. The number of anilines is 1. The van der Waals surface area contributed by atoms with Crippen molar-refractivity contribution in [2.45, 2.75) is 17.0 Å². The molecule has 1 heterocycles. The Morgan fingerprint density at radius 1 is 1.22 bits per heavy atom. The van der Waals surface area contributed by atoms with Gasteiger partial charge in [-0.2, -0.15) is 0 Å². The Labute approximate surface area is 164 Å². The van der Waals surface area contributed by atoms with Crippen molar-refractivity contribution < 1.29 is 9.72 Å². The maximum atomic E-state index is 12.2. The van der Waals surface area contributed by atoms with E-state index in [1.165, 1.54) is 40.7 Å². The van der Waals surface area contributed by atoms with E-state index in [0.717, 1.165) is 10.1 Å². The molecule has 0 amide bonds. The minimum absolute atomic E-state index is 0.00164. The van der Waals surface area contributed by atoms with Gasteiger partial charge >= 0.3 is 0 Å². The summed E-state index contributed by atoms with van der Waals surface area (Å²) in [4.78, 5) is 22.5. The van der Waals surface area contributed by atoms with Crippen molar-refractivity contribution in [3.05, 3.63) is 75.3 Å². The van der Waals surface area contributed by atoms with Gasteiger partial charge in [0.1, 0.15) is 0 Å². The van der Waals surface area contributed by atoms with E-state index < -0.39 is 4.92 Å². The smallest absolute Gasteiger partial charge is 0.270 e. The van der Waals surface area contributed by atoms with Crippen LogP contribution in [0.25, 0.3) is 0 Å². The SMILES string of the molecule is Cc1cccc(CSc2nnc(NCC(=O)c3cccc([N+](=O)[O-])c3)s2)c1. The molecule has 0 fully saturated rings. The number of aryl methyl sites for hydroxylation is 1. The molecule has 0 saturated carbocycles. The molecule has 0 atom stereocenters. The van der Waals surface area contributed by atoms with Crippen molar-refractivity contribution in [3.63, 3.8) is 0 Å². The van der Waals surface area contributed by atoms with E-state index in [9.17, 15) is 14.9 Å². The van der Waals surface area contributed by atoms with Gasteiger partial charge in [-0.25, -0.2) is 0 Å². The largest absolute Gasteiger partial charge is 0.353 e. The fourth-order valence-electron chi connectivity index (χ4n) is 2.34. The van der Waals surface area contributed by atoms with Crippen LogP contribution in [0.2, 0.25) is 0 Å². The number of nitro groups is 1. The van der Waals surface area contributed by atoms with Gasteiger partial charge in [0.2, 0.25) is 5.13 Å². The maximum absolute atomic E-state index is 12.2. The number of Topliss-reactive ketones (excluding diaryl/α,β-unsaturated/α-hetero) is 1. The number of nitrogens with zero attached hydrogens (tertiary/aromatic N) is 3. The van der Waals surface area contributed by atoms with Crippen molar-refractivity contribution in [3.8, 4) is 0 Å². The normalized spacial score (nSPS) is 10.6. The van der Waals surface area contributed by atoms with Crippen molar-refractivity contribution in [2.24, 2.45) is 0 Å². The molecule has 7 nitrogen and oxygen atoms in total. The number of hydrogen-bond acceptors (Lipinski definition) is 8. The minimum Gasteiger partial charge on any atom is -0.353 e. The molecule has 3 aromatic rings. The number of nitrogens with one attached hydrogen (secondary N) is 1. The summed E-state index contributed by atoms with van der Waals surface area (Å²) < 4.78 is 0.807. The molecule has 1 N–H and O–H groups in total. The second-order valence-electron chi connectivity index (χ2n) is 5.74. The summed E-state index contributed by atoms with van der Waals surface area (Å²) in [5.41, 5.74) is 2.61. The van der Waals surface area contributed by atoms with Crippen LogP contribution in [0, 0.1) is 17.0 Å². The number of ketones is 1. The van der Waals surface area contributed by atoms with Crippen molar-refractivity contribution in [1.29, 1.82) is 0 Å². The van der Waals surface area contributed by atoms with E-state index >= 15 is 0 Å². The minimum atomic E-state index is -0.521. The number of thioether (sulfide) groups is 1. The predicted molar refractivity (Wildman–Crippen MR) is 107 cm³/mol. The number of nitro benzene ring substituents is 1. The summed E-state index contributed by atoms with van der Waals surface area (Å²) in [6.45, 7) is 2.05. The lowest BCUT2D eigenvalue weighted by Gasteiger charge is -2.02. The number of benzene rings is 2. The standard InChI is InChI=1S/C18H16N4O3S2/c1-12-4-2-5-13(8-12)11-26-18-21-20-17(27-18)19-10-16(23)14-6-3-7-15(9-14)22(24)25/h2-9H,10-11H2,1H3,(H,19,20). The van der Waals surface area contributed by atoms with E-state index in [1.54, 1.807) is 17.8 Å². The number of aromatic nitrogens is 2. The maximum Gasteiger partial charge on any atom is 0.270 e. The third-order valence-corrected chi connectivity index (χ3v) is 5.72. The summed E-state index contributed by atoms with van der Waals surface area (Å²) in [6, 6.07) is 14.0. The highest BCUT2D eigenvalue weighted by atomic mass is 32.2. The van der Waals surface area contributed by atoms with Gasteiger partial charge in [0.15, 0.2) is 10.1 Å². The lowest BCUT2D eigenvalue weighted by atomic mass is 10.1. The number of carbonyl (C=O) groups excluding carboxylic acids is 1. The van der Waals surface area contributed by atoms with Gasteiger partial charge in [-0.1, -0.05) is 65.1 Å². The molecule has 0 unspecified atom stereocenters. The van der Waals surface area contributed by atoms with Crippen LogP contribution in [0.4, 0.5) is 10.8 Å². The van der Waals surface area contributed by atoms with Gasteiger partial charge in [-0.15, -0.1) is 10.2 Å². The fraction of sp³-hybridized carbons (Fsp3) is 0.167. The number of rotatable bonds is 8. The van der Waals surface area contributed by atoms with Crippen molar-refractivity contribution in [1.82, 2.24) is 10.2 Å². The van der Waals surface area contributed by atoms with Crippen LogP contribution >= 0.6 is 23.1 Å². The molecule has 0 spiro atoms. The molecule has 0 aliphatic heterocycles. The van der Waals surface area contributed by atoms with Gasteiger partial charge in [0, 0.05) is 23.4 Å².